The van der Waals surface area contributed by atoms with Gasteiger partial charge in [0.15, 0.2) is 11.6 Å². The third-order valence-corrected chi connectivity index (χ3v) is 3.14. The van der Waals surface area contributed by atoms with Crippen LogP contribution >= 0.6 is 11.6 Å². The van der Waals surface area contributed by atoms with Crippen LogP contribution in [0.25, 0.3) is 0 Å². The lowest BCUT2D eigenvalue weighted by Crippen LogP contribution is -2.19. The summed E-state index contributed by atoms with van der Waals surface area (Å²) in [5.74, 6) is -0.446. The summed E-state index contributed by atoms with van der Waals surface area (Å²) in [5, 5.41) is 0.0391. The lowest BCUT2D eigenvalue weighted by molar-refractivity contribution is 0.204. The molecule has 100 valence electrons. The van der Waals surface area contributed by atoms with Gasteiger partial charge in [-0.15, -0.1) is 0 Å². The Hall–Kier alpha value is -1.58. The van der Waals surface area contributed by atoms with E-state index >= 15 is 0 Å². The maximum Gasteiger partial charge on any atom is 0.183 e. The smallest absolute Gasteiger partial charge is 0.183 e. The quantitative estimate of drug-likeness (QED) is 0.922. The lowest BCUT2D eigenvalue weighted by Gasteiger charge is -2.18. The van der Waals surface area contributed by atoms with Crippen molar-refractivity contribution in [2.45, 2.75) is 13.0 Å². The molecule has 2 aromatic carbocycles. The van der Waals surface area contributed by atoms with Crippen molar-refractivity contribution in [2.24, 2.45) is 5.73 Å². The minimum Gasteiger partial charge on any atom is -0.481 e. The van der Waals surface area contributed by atoms with E-state index in [-0.39, 0.29) is 17.3 Å². The summed E-state index contributed by atoms with van der Waals surface area (Å²) in [5.41, 5.74) is 7.75. The maximum absolute atomic E-state index is 13.8. The number of ether oxygens (including phenoxy) is 1. The molecule has 4 heteroatoms. The van der Waals surface area contributed by atoms with E-state index in [4.69, 9.17) is 22.1 Å². The van der Waals surface area contributed by atoms with Crippen LogP contribution in [0.15, 0.2) is 42.5 Å². The van der Waals surface area contributed by atoms with Gasteiger partial charge in [-0.25, -0.2) is 4.39 Å². The average Bonchev–Trinajstić information content (AvgIpc) is 2.42. The van der Waals surface area contributed by atoms with Gasteiger partial charge in [0, 0.05) is 6.54 Å². The maximum atomic E-state index is 13.8. The van der Waals surface area contributed by atoms with E-state index in [0.29, 0.717) is 0 Å². The van der Waals surface area contributed by atoms with Gasteiger partial charge in [0.25, 0.3) is 0 Å². The van der Waals surface area contributed by atoms with E-state index in [2.05, 4.69) is 0 Å². The number of nitrogens with two attached hydrogens (primary N) is 1. The van der Waals surface area contributed by atoms with Crippen LogP contribution < -0.4 is 10.5 Å². The number of benzene rings is 2. The molecule has 0 heterocycles. The van der Waals surface area contributed by atoms with Crippen molar-refractivity contribution in [1.29, 1.82) is 0 Å². The number of aryl methyl sites for hydroxylation is 1. The third kappa shape index (κ3) is 3.25. The van der Waals surface area contributed by atoms with Crippen molar-refractivity contribution < 1.29 is 9.13 Å². The van der Waals surface area contributed by atoms with Gasteiger partial charge in [-0.05, 0) is 24.6 Å². The largest absolute Gasteiger partial charge is 0.481 e. The molecule has 2 nitrogen and oxygen atoms in total. The lowest BCUT2D eigenvalue weighted by atomic mass is 10.1. The van der Waals surface area contributed by atoms with Crippen molar-refractivity contribution in [1.82, 2.24) is 0 Å². The summed E-state index contributed by atoms with van der Waals surface area (Å²) in [7, 11) is 0. The van der Waals surface area contributed by atoms with Crippen LogP contribution in [-0.4, -0.2) is 6.54 Å². The minimum atomic E-state index is -0.560. The molecule has 0 aliphatic heterocycles. The minimum absolute atomic E-state index is 0.0391. The van der Waals surface area contributed by atoms with Crippen LogP contribution in [0, 0.1) is 12.7 Å². The van der Waals surface area contributed by atoms with Crippen LogP contribution in [0.2, 0.25) is 5.02 Å². The van der Waals surface area contributed by atoms with Crippen LogP contribution in [0.1, 0.15) is 17.2 Å². The van der Waals surface area contributed by atoms with E-state index in [1.54, 1.807) is 6.07 Å². The monoisotopic (exact) mass is 279 g/mol. The molecule has 0 bridgehead atoms. The highest BCUT2D eigenvalue weighted by Crippen LogP contribution is 2.28. The van der Waals surface area contributed by atoms with Crippen LogP contribution in [-0.2, 0) is 0 Å². The SMILES string of the molecule is Cc1ccc(C(CN)Oc2cccc(Cl)c2F)cc1. The highest BCUT2D eigenvalue weighted by Gasteiger charge is 2.15. The summed E-state index contributed by atoms with van der Waals surface area (Å²) in [4.78, 5) is 0. The zero-order valence-corrected chi connectivity index (χ0v) is 11.3. The number of halogens is 2. The first-order valence-electron chi connectivity index (χ1n) is 5.99. The number of rotatable bonds is 4. The number of hydrogen-bond donors (Lipinski definition) is 1. The van der Waals surface area contributed by atoms with E-state index in [0.717, 1.165) is 11.1 Å². The Morgan fingerprint density at radius 2 is 1.89 bits per heavy atom. The molecule has 1 atom stereocenters. The second-order valence-corrected chi connectivity index (χ2v) is 4.71. The first-order valence-corrected chi connectivity index (χ1v) is 6.37. The second-order valence-electron chi connectivity index (χ2n) is 4.30. The predicted octanol–water partition coefficient (Wildman–Crippen LogP) is 3.87. The van der Waals surface area contributed by atoms with Crippen molar-refractivity contribution in [3.05, 3.63) is 64.4 Å². The van der Waals surface area contributed by atoms with Crippen molar-refractivity contribution in [2.75, 3.05) is 6.54 Å². The Kier molecular flexibility index (Phi) is 4.40. The topological polar surface area (TPSA) is 35.2 Å². The number of hydrogen-bond acceptors (Lipinski definition) is 2. The highest BCUT2D eigenvalue weighted by atomic mass is 35.5. The Balaban J connectivity index is 2.24. The molecule has 0 aliphatic carbocycles. The van der Waals surface area contributed by atoms with Gasteiger partial charge in [-0.3, -0.25) is 0 Å². The van der Waals surface area contributed by atoms with E-state index in [1.165, 1.54) is 12.1 Å². The van der Waals surface area contributed by atoms with Crippen LogP contribution in [0.4, 0.5) is 4.39 Å². The molecule has 2 aromatic rings. The van der Waals surface area contributed by atoms with E-state index in [9.17, 15) is 4.39 Å². The van der Waals surface area contributed by atoms with Gasteiger partial charge >= 0.3 is 0 Å². The molecule has 0 aliphatic rings. The molecule has 1 unspecified atom stereocenters. The molecule has 0 aromatic heterocycles. The summed E-state index contributed by atoms with van der Waals surface area (Å²) in [6.45, 7) is 2.26. The molecule has 0 saturated carbocycles. The Bertz CT molecular complexity index is 557. The molecule has 0 spiro atoms. The Morgan fingerprint density at radius 1 is 1.21 bits per heavy atom. The summed E-state index contributed by atoms with van der Waals surface area (Å²) < 4.78 is 19.4. The summed E-state index contributed by atoms with van der Waals surface area (Å²) in [6.07, 6.45) is -0.395. The molecule has 0 amide bonds. The van der Waals surface area contributed by atoms with Crippen LogP contribution in [0.3, 0.4) is 0 Å². The zero-order chi connectivity index (χ0) is 13.8. The fourth-order valence-electron chi connectivity index (χ4n) is 1.76. The van der Waals surface area contributed by atoms with Crippen molar-refractivity contribution in [3.8, 4) is 5.75 Å². The first-order chi connectivity index (χ1) is 9.11. The fourth-order valence-corrected chi connectivity index (χ4v) is 1.93. The van der Waals surface area contributed by atoms with Gasteiger partial charge in [0.05, 0.1) is 5.02 Å². The molecular weight excluding hydrogens is 265 g/mol. The van der Waals surface area contributed by atoms with E-state index in [1.807, 2.05) is 31.2 Å². The van der Waals surface area contributed by atoms with Gasteiger partial charge in [0.2, 0.25) is 0 Å². The molecule has 0 radical (unpaired) electrons. The third-order valence-electron chi connectivity index (χ3n) is 2.85. The first kappa shape index (κ1) is 13.8. The molecule has 2 rings (SSSR count). The van der Waals surface area contributed by atoms with Gasteiger partial charge < -0.3 is 10.5 Å². The Morgan fingerprint density at radius 3 is 2.53 bits per heavy atom. The second kappa shape index (κ2) is 6.04. The normalized spacial score (nSPS) is 12.2. The fraction of sp³-hybridized carbons (Fsp3) is 0.200. The van der Waals surface area contributed by atoms with Crippen molar-refractivity contribution >= 4 is 11.6 Å². The Labute approximate surface area is 117 Å². The molecular formula is C15H15ClFNO. The highest BCUT2D eigenvalue weighted by molar-refractivity contribution is 6.30. The zero-order valence-electron chi connectivity index (χ0n) is 10.6. The average molecular weight is 280 g/mol. The summed E-state index contributed by atoms with van der Waals surface area (Å²) >= 11 is 5.72. The predicted molar refractivity (Wildman–Crippen MR) is 75.0 cm³/mol. The molecule has 19 heavy (non-hydrogen) atoms. The molecule has 2 N–H and O–H groups in total. The summed E-state index contributed by atoms with van der Waals surface area (Å²) in [6, 6.07) is 12.4. The molecule has 0 fully saturated rings. The van der Waals surface area contributed by atoms with Gasteiger partial charge in [0.1, 0.15) is 6.10 Å². The van der Waals surface area contributed by atoms with E-state index < -0.39 is 11.9 Å². The molecule has 0 saturated heterocycles. The van der Waals surface area contributed by atoms with Gasteiger partial charge in [-0.1, -0.05) is 47.5 Å². The standard InChI is InChI=1S/C15H15ClFNO/c1-10-5-7-11(8-6-10)14(9-18)19-13-4-2-3-12(16)15(13)17/h2-8,14H,9,18H2,1H3. The van der Waals surface area contributed by atoms with Crippen LogP contribution in [0.5, 0.6) is 5.75 Å². The van der Waals surface area contributed by atoms with Crippen molar-refractivity contribution in [3.63, 3.8) is 0 Å². The van der Waals surface area contributed by atoms with Gasteiger partial charge in [-0.2, -0.15) is 0 Å².